The number of hydrazone groups is 1. The number of halogens is 2. The molecule has 0 radical (unpaired) electrons. The standard InChI is InChI=1S/C24H28BrClN4O/c1-2-19-22(24(31)28-29-15-7-3-4-8-16-29)27-30(21-10-6-5-9-20(21)26)23(19)17-11-13-18(25)14-12-17/h5-6,9-14,19,23H,2-4,7-8,15-16H2,1H3,(H,28,31)/t19-,23-/m0/s1. The van der Waals surface area contributed by atoms with Gasteiger partial charge in [-0.15, -0.1) is 0 Å². The van der Waals surface area contributed by atoms with Crippen molar-refractivity contribution in [1.82, 2.24) is 10.4 Å². The number of para-hydroxylation sites is 1. The van der Waals surface area contributed by atoms with Crippen LogP contribution >= 0.6 is 27.5 Å². The van der Waals surface area contributed by atoms with Crippen molar-refractivity contribution in [2.75, 3.05) is 18.1 Å². The quantitative estimate of drug-likeness (QED) is 0.548. The fourth-order valence-corrected chi connectivity index (χ4v) is 4.95. The van der Waals surface area contributed by atoms with Crippen molar-refractivity contribution in [2.24, 2.45) is 11.0 Å². The van der Waals surface area contributed by atoms with Crippen molar-refractivity contribution >= 4 is 44.8 Å². The topological polar surface area (TPSA) is 47.9 Å². The molecule has 4 rings (SSSR count). The van der Waals surface area contributed by atoms with E-state index < -0.39 is 0 Å². The lowest BCUT2D eigenvalue weighted by Gasteiger charge is -2.29. The van der Waals surface area contributed by atoms with E-state index >= 15 is 0 Å². The number of amides is 1. The maximum absolute atomic E-state index is 13.3. The van der Waals surface area contributed by atoms with Crippen molar-refractivity contribution in [2.45, 2.75) is 45.1 Å². The van der Waals surface area contributed by atoms with Gasteiger partial charge in [0, 0.05) is 23.5 Å². The third kappa shape index (κ3) is 4.97. The molecule has 0 bridgehead atoms. The van der Waals surface area contributed by atoms with Crippen LogP contribution < -0.4 is 10.4 Å². The van der Waals surface area contributed by atoms with E-state index in [0.29, 0.717) is 10.7 Å². The minimum Gasteiger partial charge on any atom is -0.284 e. The SMILES string of the molecule is CC[C@H]1C(C(=O)NN2CCCCCC2)=NN(c2ccccc2Cl)[C@H]1c1ccc(Br)cc1. The van der Waals surface area contributed by atoms with E-state index in [1.165, 1.54) is 12.8 Å². The highest BCUT2D eigenvalue weighted by Crippen LogP contribution is 2.43. The van der Waals surface area contributed by atoms with E-state index in [1.54, 1.807) is 0 Å². The maximum Gasteiger partial charge on any atom is 0.282 e. The summed E-state index contributed by atoms with van der Waals surface area (Å²) in [6, 6.07) is 15.8. The molecule has 0 unspecified atom stereocenters. The van der Waals surface area contributed by atoms with Crippen molar-refractivity contribution in [1.29, 1.82) is 0 Å². The summed E-state index contributed by atoms with van der Waals surface area (Å²) >= 11 is 10.1. The van der Waals surface area contributed by atoms with E-state index in [2.05, 4.69) is 45.4 Å². The predicted molar refractivity (Wildman–Crippen MR) is 130 cm³/mol. The number of carbonyl (C=O) groups excluding carboxylic acids is 1. The molecule has 2 aliphatic rings. The van der Waals surface area contributed by atoms with Crippen molar-refractivity contribution in [3.8, 4) is 0 Å². The summed E-state index contributed by atoms with van der Waals surface area (Å²) in [4.78, 5) is 13.3. The molecule has 2 atom stereocenters. The third-order valence-electron chi connectivity index (χ3n) is 6.06. The maximum atomic E-state index is 13.3. The lowest BCUT2D eigenvalue weighted by atomic mass is 9.87. The Morgan fingerprint density at radius 3 is 2.42 bits per heavy atom. The van der Waals surface area contributed by atoms with Crippen LogP contribution in [0.4, 0.5) is 5.69 Å². The van der Waals surface area contributed by atoms with Gasteiger partial charge in [0.1, 0.15) is 5.71 Å². The molecule has 1 fully saturated rings. The van der Waals surface area contributed by atoms with Gasteiger partial charge in [0.05, 0.1) is 16.8 Å². The van der Waals surface area contributed by atoms with Gasteiger partial charge in [0.15, 0.2) is 0 Å². The number of hydrazine groups is 1. The molecule has 1 N–H and O–H groups in total. The van der Waals surface area contributed by atoms with Crippen LogP contribution in [0.3, 0.4) is 0 Å². The first-order valence-electron chi connectivity index (χ1n) is 11.0. The first-order valence-corrected chi connectivity index (χ1v) is 12.2. The van der Waals surface area contributed by atoms with Crippen LogP contribution in [0.15, 0.2) is 58.1 Å². The van der Waals surface area contributed by atoms with Crippen molar-refractivity contribution < 1.29 is 4.79 Å². The molecular formula is C24H28BrClN4O. The predicted octanol–water partition coefficient (Wildman–Crippen LogP) is 5.95. The molecular weight excluding hydrogens is 476 g/mol. The summed E-state index contributed by atoms with van der Waals surface area (Å²) in [5, 5.41) is 9.46. The van der Waals surface area contributed by atoms with Gasteiger partial charge >= 0.3 is 0 Å². The summed E-state index contributed by atoms with van der Waals surface area (Å²) in [5.74, 6) is -0.144. The summed E-state index contributed by atoms with van der Waals surface area (Å²) in [6.07, 6.45) is 5.45. The third-order valence-corrected chi connectivity index (χ3v) is 6.91. The Morgan fingerprint density at radius 2 is 1.77 bits per heavy atom. The number of hydrogen-bond acceptors (Lipinski definition) is 4. The normalized spacial score (nSPS) is 22.2. The van der Waals surface area contributed by atoms with Crippen LogP contribution in [-0.2, 0) is 4.79 Å². The average molecular weight is 504 g/mol. The molecule has 0 aromatic heterocycles. The number of nitrogens with zero attached hydrogens (tertiary/aromatic N) is 3. The summed E-state index contributed by atoms with van der Waals surface area (Å²) in [7, 11) is 0. The molecule has 2 aromatic rings. The molecule has 31 heavy (non-hydrogen) atoms. The number of anilines is 1. The van der Waals surface area contributed by atoms with Crippen LogP contribution in [0.5, 0.6) is 0 Å². The van der Waals surface area contributed by atoms with Gasteiger partial charge in [-0.25, -0.2) is 5.01 Å². The lowest BCUT2D eigenvalue weighted by molar-refractivity contribution is -0.119. The van der Waals surface area contributed by atoms with Gasteiger partial charge in [-0.05, 0) is 49.1 Å². The summed E-state index contributed by atoms with van der Waals surface area (Å²) < 4.78 is 1.02. The van der Waals surface area contributed by atoms with Gasteiger partial charge in [0.25, 0.3) is 5.91 Å². The second kappa shape index (κ2) is 10.2. The molecule has 2 heterocycles. The Morgan fingerprint density at radius 1 is 1.10 bits per heavy atom. The molecule has 5 nitrogen and oxygen atoms in total. The van der Waals surface area contributed by atoms with E-state index in [1.807, 2.05) is 41.4 Å². The van der Waals surface area contributed by atoms with E-state index in [-0.39, 0.29) is 17.9 Å². The van der Waals surface area contributed by atoms with Crippen molar-refractivity contribution in [3.63, 3.8) is 0 Å². The second-order valence-electron chi connectivity index (χ2n) is 8.13. The molecule has 7 heteroatoms. The Bertz CT molecular complexity index is 941. The Kier molecular flexibility index (Phi) is 7.31. The Labute approximate surface area is 197 Å². The molecule has 0 saturated carbocycles. The molecule has 2 aliphatic heterocycles. The van der Waals surface area contributed by atoms with Crippen LogP contribution in [0.1, 0.15) is 50.6 Å². The van der Waals surface area contributed by atoms with Crippen LogP contribution in [-0.4, -0.2) is 29.7 Å². The molecule has 1 saturated heterocycles. The number of hydrogen-bond donors (Lipinski definition) is 1. The average Bonchev–Trinajstić information content (AvgIpc) is 2.97. The summed E-state index contributed by atoms with van der Waals surface area (Å²) in [5.41, 5.74) is 5.62. The van der Waals surface area contributed by atoms with Crippen LogP contribution in [0.2, 0.25) is 5.02 Å². The minimum atomic E-state index is -0.106. The molecule has 164 valence electrons. The van der Waals surface area contributed by atoms with Gasteiger partial charge in [0.2, 0.25) is 0 Å². The minimum absolute atomic E-state index is 0.0376. The first kappa shape index (κ1) is 22.3. The first-order chi connectivity index (χ1) is 15.1. The number of benzene rings is 2. The largest absolute Gasteiger partial charge is 0.284 e. The van der Waals surface area contributed by atoms with Gasteiger partial charge < -0.3 is 0 Å². The van der Waals surface area contributed by atoms with E-state index in [9.17, 15) is 4.79 Å². The Hall–Kier alpha value is -1.89. The molecule has 2 aromatic carbocycles. The smallest absolute Gasteiger partial charge is 0.282 e. The van der Waals surface area contributed by atoms with Gasteiger partial charge in [-0.2, -0.15) is 5.10 Å². The van der Waals surface area contributed by atoms with Crippen molar-refractivity contribution in [3.05, 3.63) is 63.6 Å². The van der Waals surface area contributed by atoms with Gasteiger partial charge in [-0.1, -0.05) is 71.6 Å². The zero-order valence-corrected chi connectivity index (χ0v) is 20.1. The highest BCUT2D eigenvalue weighted by atomic mass is 79.9. The summed E-state index contributed by atoms with van der Waals surface area (Å²) in [6.45, 7) is 3.89. The monoisotopic (exact) mass is 502 g/mol. The zero-order chi connectivity index (χ0) is 21.8. The van der Waals surface area contributed by atoms with E-state index in [0.717, 1.165) is 48.1 Å². The second-order valence-corrected chi connectivity index (χ2v) is 9.46. The number of carbonyl (C=O) groups is 1. The fourth-order valence-electron chi connectivity index (χ4n) is 4.46. The highest BCUT2D eigenvalue weighted by Gasteiger charge is 2.41. The highest BCUT2D eigenvalue weighted by molar-refractivity contribution is 9.10. The van der Waals surface area contributed by atoms with Crippen LogP contribution in [0, 0.1) is 5.92 Å². The number of rotatable bonds is 5. The van der Waals surface area contributed by atoms with E-state index in [4.69, 9.17) is 16.7 Å². The van der Waals surface area contributed by atoms with Crippen LogP contribution in [0.25, 0.3) is 0 Å². The molecule has 0 spiro atoms. The molecule has 0 aliphatic carbocycles. The number of nitrogens with one attached hydrogen (secondary N) is 1. The molecule has 1 amide bonds. The lowest BCUT2D eigenvalue weighted by Crippen LogP contribution is -2.47. The fraction of sp³-hybridized carbons (Fsp3) is 0.417. The Balaban J connectivity index is 1.68. The zero-order valence-electron chi connectivity index (χ0n) is 17.7. The van der Waals surface area contributed by atoms with Gasteiger partial charge in [-0.3, -0.25) is 15.2 Å².